The molecule has 0 fully saturated rings. The number of nitrogens with one attached hydrogen (secondary N) is 1. The molecule has 0 saturated heterocycles. The molecule has 5 nitrogen and oxygen atoms in total. The Bertz CT molecular complexity index is 1020. The van der Waals surface area contributed by atoms with Crippen LogP contribution in [0.1, 0.15) is 24.2 Å². The standard InChI is InChI=1S/C22H19ClN2O3/c1-15(16-6-9-18(23)10-7-16)24-21(26)14-28-22(27)13-12-19-11-8-17-4-2-3-5-20(17)25-19/h2-13,15H,14H2,1H3,(H,24,26)/b13-12+. The van der Waals surface area contributed by atoms with Gasteiger partial charge in [-0.1, -0.05) is 48.0 Å². The van der Waals surface area contributed by atoms with Gasteiger partial charge in [0.25, 0.3) is 5.91 Å². The van der Waals surface area contributed by atoms with E-state index in [0.717, 1.165) is 16.5 Å². The summed E-state index contributed by atoms with van der Waals surface area (Å²) in [7, 11) is 0. The number of carbonyl (C=O) groups excluding carboxylic acids is 2. The van der Waals surface area contributed by atoms with Crippen LogP contribution >= 0.6 is 11.6 Å². The lowest BCUT2D eigenvalue weighted by atomic mass is 10.1. The topological polar surface area (TPSA) is 68.3 Å². The van der Waals surface area contributed by atoms with Gasteiger partial charge in [-0.3, -0.25) is 4.79 Å². The third-order valence-corrected chi connectivity index (χ3v) is 4.36. The first kappa shape index (κ1) is 19.6. The van der Waals surface area contributed by atoms with Crippen LogP contribution in [-0.4, -0.2) is 23.5 Å². The zero-order chi connectivity index (χ0) is 19.9. The summed E-state index contributed by atoms with van der Waals surface area (Å²) in [6, 6.07) is 18.4. The zero-order valence-corrected chi connectivity index (χ0v) is 16.0. The number of benzene rings is 2. The molecule has 1 atom stereocenters. The van der Waals surface area contributed by atoms with Gasteiger partial charge in [0.15, 0.2) is 6.61 Å². The summed E-state index contributed by atoms with van der Waals surface area (Å²) in [5.41, 5.74) is 2.39. The second-order valence-corrected chi connectivity index (χ2v) is 6.65. The maximum Gasteiger partial charge on any atom is 0.331 e. The normalized spacial score (nSPS) is 12.1. The van der Waals surface area contributed by atoms with Crippen LogP contribution in [0.5, 0.6) is 0 Å². The molecule has 0 aliphatic rings. The van der Waals surface area contributed by atoms with E-state index in [4.69, 9.17) is 16.3 Å². The number of ether oxygens (including phenoxy) is 1. The van der Waals surface area contributed by atoms with E-state index in [1.807, 2.05) is 55.5 Å². The fraction of sp³-hybridized carbons (Fsp3) is 0.136. The minimum atomic E-state index is -0.607. The lowest BCUT2D eigenvalue weighted by Crippen LogP contribution is -2.30. The molecule has 0 bridgehead atoms. The lowest BCUT2D eigenvalue weighted by Gasteiger charge is -2.14. The molecular formula is C22H19ClN2O3. The largest absolute Gasteiger partial charge is 0.452 e. The van der Waals surface area contributed by atoms with Crippen molar-refractivity contribution in [3.05, 3.63) is 83.0 Å². The number of esters is 1. The molecule has 0 saturated carbocycles. The molecule has 0 spiro atoms. The number of aromatic nitrogens is 1. The maximum atomic E-state index is 12.0. The Kier molecular flexibility index (Phi) is 6.40. The summed E-state index contributed by atoms with van der Waals surface area (Å²) in [4.78, 5) is 28.3. The number of nitrogens with zero attached hydrogens (tertiary/aromatic N) is 1. The van der Waals surface area contributed by atoms with Crippen molar-refractivity contribution in [3.63, 3.8) is 0 Å². The molecule has 0 radical (unpaired) electrons. The molecule has 2 aromatic carbocycles. The van der Waals surface area contributed by atoms with Crippen LogP contribution in [0.2, 0.25) is 5.02 Å². The van der Waals surface area contributed by atoms with Gasteiger partial charge < -0.3 is 10.1 Å². The Labute approximate surface area is 168 Å². The fourth-order valence-corrected chi connectivity index (χ4v) is 2.76. The van der Waals surface area contributed by atoms with Crippen LogP contribution in [0.15, 0.2) is 66.7 Å². The van der Waals surface area contributed by atoms with Gasteiger partial charge in [0.1, 0.15) is 0 Å². The molecule has 1 N–H and O–H groups in total. The zero-order valence-electron chi connectivity index (χ0n) is 15.3. The Balaban J connectivity index is 1.49. The predicted molar refractivity (Wildman–Crippen MR) is 110 cm³/mol. The highest BCUT2D eigenvalue weighted by Gasteiger charge is 2.11. The summed E-state index contributed by atoms with van der Waals surface area (Å²) < 4.78 is 4.98. The first-order valence-corrected chi connectivity index (χ1v) is 9.14. The Hall–Kier alpha value is -3.18. The number of para-hydroxylation sites is 1. The van der Waals surface area contributed by atoms with Crippen LogP contribution in [0.4, 0.5) is 0 Å². The molecule has 3 rings (SSSR count). The monoisotopic (exact) mass is 394 g/mol. The van der Waals surface area contributed by atoms with Gasteiger partial charge in [0, 0.05) is 16.5 Å². The molecular weight excluding hydrogens is 376 g/mol. The molecule has 1 amide bonds. The number of fused-ring (bicyclic) bond motifs is 1. The van der Waals surface area contributed by atoms with Crippen molar-refractivity contribution in [1.82, 2.24) is 10.3 Å². The quantitative estimate of drug-likeness (QED) is 0.499. The van der Waals surface area contributed by atoms with Crippen LogP contribution in [0.25, 0.3) is 17.0 Å². The number of carbonyl (C=O) groups is 2. The third kappa shape index (κ3) is 5.41. The minimum Gasteiger partial charge on any atom is -0.452 e. The predicted octanol–water partition coefficient (Wildman–Crippen LogP) is 4.32. The van der Waals surface area contributed by atoms with Crippen molar-refractivity contribution in [1.29, 1.82) is 0 Å². The van der Waals surface area contributed by atoms with E-state index in [1.54, 1.807) is 18.2 Å². The van der Waals surface area contributed by atoms with Gasteiger partial charge in [-0.05, 0) is 42.8 Å². The molecule has 0 aliphatic carbocycles. The number of hydrogen-bond acceptors (Lipinski definition) is 4. The van der Waals surface area contributed by atoms with E-state index in [1.165, 1.54) is 6.08 Å². The van der Waals surface area contributed by atoms with E-state index < -0.39 is 5.97 Å². The van der Waals surface area contributed by atoms with E-state index in [2.05, 4.69) is 10.3 Å². The van der Waals surface area contributed by atoms with Crippen LogP contribution in [-0.2, 0) is 14.3 Å². The van der Waals surface area contributed by atoms with Crippen molar-refractivity contribution in [2.45, 2.75) is 13.0 Å². The van der Waals surface area contributed by atoms with E-state index >= 15 is 0 Å². The van der Waals surface area contributed by atoms with Crippen LogP contribution < -0.4 is 5.32 Å². The van der Waals surface area contributed by atoms with Crippen molar-refractivity contribution < 1.29 is 14.3 Å². The fourth-order valence-electron chi connectivity index (χ4n) is 2.63. The van der Waals surface area contributed by atoms with Crippen LogP contribution in [0, 0.1) is 0 Å². The number of halogens is 1. The molecule has 28 heavy (non-hydrogen) atoms. The SMILES string of the molecule is CC(NC(=O)COC(=O)/C=C/c1ccc2ccccc2n1)c1ccc(Cl)cc1. The molecule has 1 unspecified atom stereocenters. The van der Waals surface area contributed by atoms with Crippen molar-refractivity contribution in [2.75, 3.05) is 6.61 Å². The summed E-state index contributed by atoms with van der Waals surface area (Å²) in [5, 5.41) is 4.42. The first-order valence-electron chi connectivity index (χ1n) is 8.77. The lowest BCUT2D eigenvalue weighted by molar-refractivity contribution is -0.144. The molecule has 1 heterocycles. The van der Waals surface area contributed by atoms with Gasteiger partial charge in [-0.25, -0.2) is 9.78 Å². The van der Waals surface area contributed by atoms with Gasteiger partial charge >= 0.3 is 5.97 Å². The minimum absolute atomic E-state index is 0.221. The Morgan fingerprint density at radius 1 is 1.11 bits per heavy atom. The number of pyridine rings is 1. The average Bonchev–Trinajstić information content (AvgIpc) is 2.71. The van der Waals surface area contributed by atoms with E-state index in [9.17, 15) is 9.59 Å². The number of hydrogen-bond donors (Lipinski definition) is 1. The number of rotatable bonds is 6. The molecule has 142 valence electrons. The summed E-state index contributed by atoms with van der Waals surface area (Å²) in [6.45, 7) is 1.49. The highest BCUT2D eigenvalue weighted by Crippen LogP contribution is 2.16. The van der Waals surface area contributed by atoms with Crippen LogP contribution in [0.3, 0.4) is 0 Å². The highest BCUT2D eigenvalue weighted by molar-refractivity contribution is 6.30. The molecule has 0 aliphatic heterocycles. The first-order chi connectivity index (χ1) is 13.5. The van der Waals surface area contributed by atoms with E-state index in [0.29, 0.717) is 10.7 Å². The second kappa shape index (κ2) is 9.15. The van der Waals surface area contributed by atoms with Gasteiger partial charge in [-0.15, -0.1) is 0 Å². The summed E-state index contributed by atoms with van der Waals surface area (Å²) >= 11 is 5.85. The maximum absolute atomic E-state index is 12.0. The summed E-state index contributed by atoms with van der Waals surface area (Å²) in [5.74, 6) is -0.989. The van der Waals surface area contributed by atoms with Crippen molar-refractivity contribution in [2.24, 2.45) is 0 Å². The van der Waals surface area contributed by atoms with Gasteiger partial charge in [-0.2, -0.15) is 0 Å². The average molecular weight is 395 g/mol. The van der Waals surface area contributed by atoms with Crippen molar-refractivity contribution >= 4 is 40.5 Å². The second-order valence-electron chi connectivity index (χ2n) is 6.21. The summed E-state index contributed by atoms with van der Waals surface area (Å²) in [6.07, 6.45) is 2.82. The Morgan fingerprint density at radius 2 is 1.86 bits per heavy atom. The smallest absolute Gasteiger partial charge is 0.331 e. The molecule has 6 heteroatoms. The Morgan fingerprint density at radius 3 is 2.64 bits per heavy atom. The third-order valence-electron chi connectivity index (χ3n) is 4.10. The number of amides is 1. The van der Waals surface area contributed by atoms with Gasteiger partial charge in [0.05, 0.1) is 17.3 Å². The van der Waals surface area contributed by atoms with Crippen molar-refractivity contribution in [3.8, 4) is 0 Å². The molecule has 3 aromatic rings. The van der Waals surface area contributed by atoms with Gasteiger partial charge in [0.2, 0.25) is 0 Å². The highest BCUT2D eigenvalue weighted by atomic mass is 35.5. The molecule has 1 aromatic heterocycles. The van der Waals surface area contributed by atoms with E-state index in [-0.39, 0.29) is 18.6 Å².